The fraction of sp³-hybridized carbons (Fsp3) is 0.609. The largest absolute Gasteiger partial charge is 0.434 e. The molecular weight excluding hydrogens is 450 g/mol. The lowest BCUT2D eigenvalue weighted by Crippen LogP contribution is -2.50. The molecule has 0 spiro atoms. The molecule has 3 unspecified atom stereocenters. The van der Waals surface area contributed by atoms with Crippen molar-refractivity contribution in [3.05, 3.63) is 56.6 Å². The van der Waals surface area contributed by atoms with Gasteiger partial charge in [0, 0.05) is 31.2 Å². The molecule has 9 nitrogen and oxygen atoms in total. The van der Waals surface area contributed by atoms with E-state index < -0.39 is 24.1 Å². The predicted octanol–water partition coefficient (Wildman–Crippen LogP) is 1.42. The molecule has 4 rings (SSSR count). The highest BCUT2D eigenvalue weighted by Crippen LogP contribution is 2.37. The minimum Gasteiger partial charge on any atom is -0.434 e. The highest BCUT2D eigenvalue weighted by atomic mass is 19.3. The van der Waals surface area contributed by atoms with Gasteiger partial charge in [-0.15, -0.1) is 0 Å². The average molecular weight is 481 g/mol. The Bertz CT molecular complexity index is 1110. The van der Waals surface area contributed by atoms with Gasteiger partial charge in [0.2, 0.25) is 0 Å². The summed E-state index contributed by atoms with van der Waals surface area (Å²) in [5, 5.41) is 10.7. The van der Waals surface area contributed by atoms with Crippen LogP contribution in [-0.4, -0.2) is 61.6 Å². The Balaban J connectivity index is 1.34. The zero-order chi connectivity index (χ0) is 24.4. The Hall–Kier alpha value is -2.63. The van der Waals surface area contributed by atoms with E-state index in [2.05, 4.69) is 14.6 Å². The Morgan fingerprint density at radius 1 is 1.15 bits per heavy atom. The molecule has 11 heteroatoms. The first-order valence-corrected chi connectivity index (χ1v) is 11.5. The van der Waals surface area contributed by atoms with Gasteiger partial charge in [-0.3, -0.25) is 9.47 Å². The number of para-hydroxylation sites is 1. The lowest BCUT2D eigenvalue weighted by Gasteiger charge is -2.39. The lowest BCUT2D eigenvalue weighted by molar-refractivity contribution is -0.0561. The molecular formula is C23H30F2N4O5. The summed E-state index contributed by atoms with van der Waals surface area (Å²) >= 11 is 0. The van der Waals surface area contributed by atoms with Crippen LogP contribution in [0, 0.1) is 6.92 Å². The second-order valence-electron chi connectivity index (χ2n) is 9.02. The zero-order valence-electron chi connectivity index (χ0n) is 19.3. The second kappa shape index (κ2) is 10.3. The molecule has 2 aliphatic heterocycles. The standard InChI is InChI=1S/C23H30F2N4O5/c1-14-26-22(31)29(23(32)27(14)2)12-18(30)11-28-16-7-8-17(28)10-19(9-16)33-13-15-5-3-4-6-20(15)34-21(24)25/h3-6,16-19,21,30H,7-13H2,1-2H3. The number of aliphatic hydroxyl groups excluding tert-OH is 1. The van der Waals surface area contributed by atoms with E-state index in [0.29, 0.717) is 17.9 Å². The SMILES string of the molecule is Cc1nc(=O)n(CC(O)CN2C3CCC2CC(OCc2ccccc2OC(F)F)C3)c(=O)n1C. The van der Waals surface area contributed by atoms with Crippen LogP contribution in [-0.2, 0) is 24.9 Å². The number of ether oxygens (including phenoxy) is 2. The molecule has 2 aromatic rings. The number of aromatic nitrogens is 3. The molecule has 34 heavy (non-hydrogen) atoms. The number of aryl methyl sites for hydroxylation is 1. The Morgan fingerprint density at radius 3 is 2.50 bits per heavy atom. The minimum absolute atomic E-state index is 0.0262. The predicted molar refractivity (Wildman–Crippen MR) is 119 cm³/mol. The van der Waals surface area contributed by atoms with Crippen molar-refractivity contribution in [2.24, 2.45) is 7.05 Å². The maximum atomic E-state index is 12.6. The number of hydrogen-bond donors (Lipinski definition) is 1. The first kappa shape index (κ1) is 24.5. The molecule has 1 N–H and O–H groups in total. The number of rotatable bonds is 9. The third-order valence-corrected chi connectivity index (χ3v) is 6.81. The molecule has 1 aromatic heterocycles. The van der Waals surface area contributed by atoms with Gasteiger partial charge < -0.3 is 14.6 Å². The number of hydrogen-bond acceptors (Lipinski definition) is 7. The molecule has 3 heterocycles. The maximum absolute atomic E-state index is 12.6. The van der Waals surface area contributed by atoms with Crippen molar-refractivity contribution in [3.8, 4) is 5.75 Å². The van der Waals surface area contributed by atoms with Gasteiger partial charge in [0.15, 0.2) is 0 Å². The number of nitrogens with zero attached hydrogens (tertiary/aromatic N) is 4. The molecule has 3 atom stereocenters. The first-order chi connectivity index (χ1) is 16.2. The summed E-state index contributed by atoms with van der Waals surface area (Å²) in [5.41, 5.74) is -0.583. The molecule has 0 amide bonds. The van der Waals surface area contributed by atoms with Crippen LogP contribution in [0.2, 0.25) is 0 Å². The van der Waals surface area contributed by atoms with E-state index in [4.69, 9.17) is 4.74 Å². The molecule has 1 aromatic carbocycles. The van der Waals surface area contributed by atoms with Crippen molar-refractivity contribution in [3.63, 3.8) is 0 Å². The lowest BCUT2D eigenvalue weighted by atomic mass is 9.99. The summed E-state index contributed by atoms with van der Waals surface area (Å²) < 4.78 is 38.2. The van der Waals surface area contributed by atoms with Crippen LogP contribution in [0.3, 0.4) is 0 Å². The van der Waals surface area contributed by atoms with E-state index >= 15 is 0 Å². The van der Waals surface area contributed by atoms with Gasteiger partial charge in [0.1, 0.15) is 11.6 Å². The highest BCUT2D eigenvalue weighted by Gasteiger charge is 2.41. The minimum atomic E-state index is -2.89. The molecule has 2 bridgehead atoms. The third kappa shape index (κ3) is 5.37. The monoisotopic (exact) mass is 480 g/mol. The summed E-state index contributed by atoms with van der Waals surface area (Å²) in [4.78, 5) is 30.6. The summed E-state index contributed by atoms with van der Waals surface area (Å²) in [6.45, 7) is -0.898. The highest BCUT2D eigenvalue weighted by molar-refractivity contribution is 5.32. The molecule has 0 saturated carbocycles. The average Bonchev–Trinajstić information content (AvgIpc) is 3.01. The second-order valence-corrected chi connectivity index (χ2v) is 9.02. The number of halogens is 2. The van der Waals surface area contributed by atoms with E-state index in [1.165, 1.54) is 17.7 Å². The Kier molecular flexibility index (Phi) is 7.44. The van der Waals surface area contributed by atoms with Gasteiger partial charge in [-0.05, 0) is 38.7 Å². The summed E-state index contributed by atoms with van der Waals surface area (Å²) in [5.74, 6) is 0.442. The van der Waals surface area contributed by atoms with Gasteiger partial charge in [0.25, 0.3) is 0 Å². The van der Waals surface area contributed by atoms with Gasteiger partial charge in [0.05, 0.1) is 25.4 Å². The van der Waals surface area contributed by atoms with E-state index in [-0.39, 0.29) is 37.1 Å². The van der Waals surface area contributed by atoms with Crippen molar-refractivity contribution < 1.29 is 23.4 Å². The number of piperidine rings is 1. The van der Waals surface area contributed by atoms with Gasteiger partial charge in [-0.25, -0.2) is 14.2 Å². The smallest absolute Gasteiger partial charge is 0.387 e. The fourth-order valence-electron chi connectivity index (χ4n) is 5.04. The molecule has 2 fully saturated rings. The maximum Gasteiger partial charge on any atom is 0.387 e. The van der Waals surface area contributed by atoms with Crippen LogP contribution >= 0.6 is 0 Å². The molecule has 2 aliphatic rings. The van der Waals surface area contributed by atoms with E-state index in [1.54, 1.807) is 25.1 Å². The number of benzene rings is 1. The molecule has 0 aliphatic carbocycles. The van der Waals surface area contributed by atoms with Crippen LogP contribution in [0.15, 0.2) is 33.9 Å². The molecule has 0 radical (unpaired) electrons. The van der Waals surface area contributed by atoms with Crippen molar-refractivity contribution >= 4 is 0 Å². The van der Waals surface area contributed by atoms with Crippen molar-refractivity contribution in [2.45, 2.75) is 76.7 Å². The third-order valence-electron chi connectivity index (χ3n) is 6.81. The summed E-state index contributed by atoms with van der Waals surface area (Å²) in [6, 6.07) is 7.03. The van der Waals surface area contributed by atoms with Crippen molar-refractivity contribution in [1.29, 1.82) is 0 Å². The first-order valence-electron chi connectivity index (χ1n) is 11.5. The van der Waals surface area contributed by atoms with Crippen molar-refractivity contribution in [2.75, 3.05) is 6.54 Å². The fourth-order valence-corrected chi connectivity index (χ4v) is 5.04. The molecule has 2 saturated heterocycles. The van der Waals surface area contributed by atoms with E-state index in [1.807, 2.05) is 0 Å². The Morgan fingerprint density at radius 2 is 1.82 bits per heavy atom. The van der Waals surface area contributed by atoms with Crippen molar-refractivity contribution in [1.82, 2.24) is 19.0 Å². The van der Waals surface area contributed by atoms with Crippen LogP contribution < -0.4 is 16.1 Å². The van der Waals surface area contributed by atoms with Crippen LogP contribution in [0.25, 0.3) is 0 Å². The van der Waals surface area contributed by atoms with Crippen LogP contribution in [0.1, 0.15) is 37.1 Å². The van der Waals surface area contributed by atoms with Crippen LogP contribution in [0.4, 0.5) is 8.78 Å². The van der Waals surface area contributed by atoms with Gasteiger partial charge >= 0.3 is 18.0 Å². The topological polar surface area (TPSA) is 98.8 Å². The molecule has 186 valence electrons. The van der Waals surface area contributed by atoms with Gasteiger partial charge in [-0.2, -0.15) is 13.8 Å². The quantitative estimate of drug-likeness (QED) is 0.580. The number of fused-ring (bicyclic) bond motifs is 2. The number of alkyl halides is 2. The van der Waals surface area contributed by atoms with Crippen LogP contribution in [0.5, 0.6) is 5.75 Å². The normalized spacial score (nSPS) is 23.4. The summed E-state index contributed by atoms with van der Waals surface area (Å²) in [7, 11) is 1.54. The van der Waals surface area contributed by atoms with E-state index in [0.717, 1.165) is 30.3 Å². The zero-order valence-corrected chi connectivity index (χ0v) is 19.3. The summed E-state index contributed by atoms with van der Waals surface area (Å²) in [6.07, 6.45) is 2.53. The van der Waals surface area contributed by atoms with E-state index in [9.17, 15) is 23.5 Å². The Labute approximate surface area is 195 Å². The number of aliphatic hydroxyl groups is 1. The van der Waals surface area contributed by atoms with Gasteiger partial charge in [-0.1, -0.05) is 18.2 Å².